The summed E-state index contributed by atoms with van der Waals surface area (Å²) in [6.45, 7) is 4.19. The quantitative estimate of drug-likeness (QED) is 0.530. The Hall–Kier alpha value is -0.0800. The molecule has 4 N–H and O–H groups in total. The van der Waals surface area contributed by atoms with Crippen LogP contribution in [0.25, 0.3) is 0 Å². The van der Waals surface area contributed by atoms with E-state index in [9.17, 15) is 0 Å². The minimum absolute atomic E-state index is 0.0122. The summed E-state index contributed by atoms with van der Waals surface area (Å²) in [6, 6.07) is 0. The summed E-state index contributed by atoms with van der Waals surface area (Å²) in [7, 11) is 0. The van der Waals surface area contributed by atoms with Crippen molar-refractivity contribution in [3.8, 4) is 0 Å². The molecule has 10 heavy (non-hydrogen) atoms. The summed E-state index contributed by atoms with van der Waals surface area (Å²) in [5.41, 5.74) is 11.9. The summed E-state index contributed by atoms with van der Waals surface area (Å²) in [5, 5.41) is 0. The minimum atomic E-state index is -0.0122. The van der Waals surface area contributed by atoms with Crippen molar-refractivity contribution in [3.63, 3.8) is 0 Å². The van der Waals surface area contributed by atoms with E-state index in [2.05, 4.69) is 13.8 Å². The second kappa shape index (κ2) is 2.21. The van der Waals surface area contributed by atoms with E-state index in [1.165, 1.54) is 6.42 Å². The minimum Gasteiger partial charge on any atom is -0.325 e. The van der Waals surface area contributed by atoms with Gasteiger partial charge in [0, 0.05) is 11.1 Å². The van der Waals surface area contributed by atoms with Crippen LogP contribution in [-0.2, 0) is 0 Å². The molecule has 2 atom stereocenters. The Morgan fingerprint density at radius 2 is 1.40 bits per heavy atom. The second-order valence-electron chi connectivity index (χ2n) is 4.34. The maximum atomic E-state index is 5.97. The Kier molecular flexibility index (Phi) is 1.77. The first-order valence-corrected chi connectivity index (χ1v) is 3.99. The van der Waals surface area contributed by atoms with Crippen molar-refractivity contribution < 1.29 is 0 Å². The number of hydrogen-bond acceptors (Lipinski definition) is 2. The molecule has 0 heterocycles. The van der Waals surface area contributed by atoms with Gasteiger partial charge in [0.2, 0.25) is 0 Å². The zero-order valence-corrected chi connectivity index (χ0v) is 6.98. The molecule has 0 aromatic heterocycles. The first-order chi connectivity index (χ1) is 4.41. The van der Waals surface area contributed by atoms with Crippen LogP contribution in [0.1, 0.15) is 39.5 Å². The highest BCUT2D eigenvalue weighted by molar-refractivity contribution is 4.95. The van der Waals surface area contributed by atoms with Crippen LogP contribution >= 0.6 is 0 Å². The molecule has 1 aliphatic carbocycles. The van der Waals surface area contributed by atoms with E-state index in [1.54, 1.807) is 0 Å². The first kappa shape index (κ1) is 8.02. The lowest BCUT2D eigenvalue weighted by atomic mass is 9.74. The number of hydrogen-bond donors (Lipinski definition) is 2. The third-order valence-electron chi connectivity index (χ3n) is 2.30. The van der Waals surface area contributed by atoms with Gasteiger partial charge in [-0.3, -0.25) is 0 Å². The van der Waals surface area contributed by atoms with Gasteiger partial charge >= 0.3 is 0 Å². The molecule has 0 saturated heterocycles. The lowest BCUT2D eigenvalue weighted by Crippen LogP contribution is -2.52. The summed E-state index contributed by atoms with van der Waals surface area (Å²) < 4.78 is 0. The summed E-state index contributed by atoms with van der Waals surface area (Å²) >= 11 is 0. The van der Waals surface area contributed by atoms with Gasteiger partial charge in [-0.25, -0.2) is 0 Å². The van der Waals surface area contributed by atoms with Gasteiger partial charge in [0.25, 0.3) is 0 Å². The SMILES string of the molecule is CC1(N)CCCC(C)(N)C1. The van der Waals surface area contributed by atoms with Crippen LogP contribution in [0.5, 0.6) is 0 Å². The van der Waals surface area contributed by atoms with E-state index in [1.807, 2.05) is 0 Å². The van der Waals surface area contributed by atoms with Gasteiger partial charge in [-0.2, -0.15) is 0 Å². The smallest absolute Gasteiger partial charge is 0.0143 e. The third-order valence-corrected chi connectivity index (χ3v) is 2.30. The Labute approximate surface area is 63.0 Å². The zero-order chi connectivity index (χ0) is 7.83. The highest BCUT2D eigenvalue weighted by Crippen LogP contribution is 2.31. The van der Waals surface area contributed by atoms with Crippen LogP contribution < -0.4 is 11.5 Å². The zero-order valence-electron chi connectivity index (χ0n) is 6.98. The number of rotatable bonds is 0. The van der Waals surface area contributed by atoms with Crippen LogP contribution in [0.2, 0.25) is 0 Å². The van der Waals surface area contributed by atoms with E-state index in [0.717, 1.165) is 19.3 Å². The first-order valence-electron chi connectivity index (χ1n) is 3.99. The van der Waals surface area contributed by atoms with Gasteiger partial charge < -0.3 is 11.5 Å². The summed E-state index contributed by atoms with van der Waals surface area (Å²) in [6.07, 6.45) is 4.39. The fourth-order valence-corrected chi connectivity index (χ4v) is 2.00. The Balaban J connectivity index is 2.56. The third kappa shape index (κ3) is 1.96. The van der Waals surface area contributed by atoms with Crippen LogP contribution in [-0.4, -0.2) is 11.1 Å². The standard InChI is InChI=1S/C8H18N2/c1-7(9)4-3-5-8(2,10)6-7/h3-6,9-10H2,1-2H3. The van der Waals surface area contributed by atoms with Gasteiger partial charge in [-0.05, 0) is 39.5 Å². The number of nitrogens with two attached hydrogens (primary N) is 2. The normalized spacial score (nSPS) is 49.2. The molecule has 0 aromatic carbocycles. The van der Waals surface area contributed by atoms with Gasteiger partial charge in [0.1, 0.15) is 0 Å². The highest BCUT2D eigenvalue weighted by atomic mass is 14.8. The van der Waals surface area contributed by atoms with E-state index >= 15 is 0 Å². The van der Waals surface area contributed by atoms with Crippen molar-refractivity contribution in [3.05, 3.63) is 0 Å². The lowest BCUT2D eigenvalue weighted by Gasteiger charge is -2.40. The Morgan fingerprint density at radius 1 is 1.00 bits per heavy atom. The average Bonchev–Trinajstić information content (AvgIpc) is 1.56. The molecule has 2 unspecified atom stereocenters. The molecule has 0 spiro atoms. The van der Waals surface area contributed by atoms with Crippen molar-refractivity contribution in [2.45, 2.75) is 50.6 Å². The van der Waals surface area contributed by atoms with Crippen LogP contribution in [0.4, 0.5) is 0 Å². The summed E-state index contributed by atoms with van der Waals surface area (Å²) in [5.74, 6) is 0. The largest absolute Gasteiger partial charge is 0.325 e. The fourth-order valence-electron chi connectivity index (χ4n) is 2.00. The molecule has 0 aromatic rings. The van der Waals surface area contributed by atoms with Crippen molar-refractivity contribution in [1.82, 2.24) is 0 Å². The van der Waals surface area contributed by atoms with E-state index < -0.39 is 0 Å². The van der Waals surface area contributed by atoms with E-state index in [4.69, 9.17) is 11.5 Å². The molecule has 2 heteroatoms. The maximum Gasteiger partial charge on any atom is 0.0143 e. The molecule has 60 valence electrons. The molecule has 1 fully saturated rings. The van der Waals surface area contributed by atoms with Gasteiger partial charge in [0.05, 0.1) is 0 Å². The Bertz CT molecular complexity index is 113. The average molecular weight is 142 g/mol. The van der Waals surface area contributed by atoms with Gasteiger partial charge in [0.15, 0.2) is 0 Å². The van der Waals surface area contributed by atoms with Crippen molar-refractivity contribution in [1.29, 1.82) is 0 Å². The van der Waals surface area contributed by atoms with Crippen LogP contribution in [0.15, 0.2) is 0 Å². The summed E-state index contributed by atoms with van der Waals surface area (Å²) in [4.78, 5) is 0. The fraction of sp³-hybridized carbons (Fsp3) is 1.00. The Morgan fingerprint density at radius 3 is 1.60 bits per heavy atom. The van der Waals surface area contributed by atoms with Gasteiger partial charge in [-0.15, -0.1) is 0 Å². The molecular weight excluding hydrogens is 124 g/mol. The molecule has 1 saturated carbocycles. The molecule has 0 bridgehead atoms. The highest BCUT2D eigenvalue weighted by Gasteiger charge is 2.33. The topological polar surface area (TPSA) is 52.0 Å². The molecule has 0 aliphatic heterocycles. The predicted molar refractivity (Wildman–Crippen MR) is 43.7 cm³/mol. The van der Waals surface area contributed by atoms with E-state index in [0.29, 0.717) is 0 Å². The maximum absolute atomic E-state index is 5.97. The van der Waals surface area contributed by atoms with Crippen LogP contribution in [0.3, 0.4) is 0 Å². The molecule has 2 nitrogen and oxygen atoms in total. The second-order valence-corrected chi connectivity index (χ2v) is 4.34. The molecule has 0 amide bonds. The lowest BCUT2D eigenvalue weighted by molar-refractivity contribution is 0.220. The van der Waals surface area contributed by atoms with Crippen molar-refractivity contribution in [2.24, 2.45) is 11.5 Å². The molecule has 0 radical (unpaired) electrons. The van der Waals surface area contributed by atoms with Gasteiger partial charge in [-0.1, -0.05) is 0 Å². The van der Waals surface area contributed by atoms with E-state index in [-0.39, 0.29) is 11.1 Å². The molecular formula is C8H18N2. The molecule has 1 aliphatic rings. The predicted octanol–water partition coefficient (Wildman–Crippen LogP) is 0.995. The van der Waals surface area contributed by atoms with Crippen molar-refractivity contribution >= 4 is 0 Å². The van der Waals surface area contributed by atoms with Crippen molar-refractivity contribution in [2.75, 3.05) is 0 Å². The van der Waals surface area contributed by atoms with Crippen LogP contribution in [0, 0.1) is 0 Å². The molecule has 1 rings (SSSR count). The monoisotopic (exact) mass is 142 g/mol.